The van der Waals surface area contributed by atoms with Crippen molar-refractivity contribution in [2.24, 2.45) is 0 Å². The largest absolute Gasteiger partial charge is 0.432 e. The van der Waals surface area contributed by atoms with Gasteiger partial charge in [0, 0.05) is 6.54 Å². The van der Waals surface area contributed by atoms with Crippen LogP contribution in [0.5, 0.6) is 0 Å². The van der Waals surface area contributed by atoms with Crippen LogP contribution in [0.4, 0.5) is 5.82 Å². The summed E-state index contributed by atoms with van der Waals surface area (Å²) >= 11 is 0. The normalized spacial score (nSPS) is 15.4. The van der Waals surface area contributed by atoms with Crippen molar-refractivity contribution >= 4 is 28.0 Å². The van der Waals surface area contributed by atoms with Crippen molar-refractivity contribution in [2.75, 3.05) is 11.9 Å². The van der Waals surface area contributed by atoms with Gasteiger partial charge in [-0.15, -0.1) is 0 Å². The van der Waals surface area contributed by atoms with E-state index in [-0.39, 0.29) is 0 Å². The zero-order chi connectivity index (χ0) is 16.8. The minimum absolute atomic E-state index is 0.369. The van der Waals surface area contributed by atoms with E-state index < -0.39 is 6.10 Å². The van der Waals surface area contributed by atoms with Crippen LogP contribution in [0.1, 0.15) is 49.9 Å². The summed E-state index contributed by atoms with van der Waals surface area (Å²) in [5.74, 6) is 0.977. The Kier molecular flexibility index (Phi) is 3.64. The molecule has 3 aromatic heterocycles. The molecule has 6 heteroatoms. The number of furan rings is 1. The maximum atomic E-state index is 9.50. The topological polar surface area (TPSA) is 84.1 Å². The standard InChI is InChI=1S/C18H22N4O2/c1-9(2)14-12-6-4-5-11(12)13-15-16(24-18(13)22-14)17(21-8-20-15)19-7-10(3)23/h8-10,23H,4-7H2,1-3H3,(H,19,20,21)/t10-/m0/s1. The van der Waals surface area contributed by atoms with E-state index in [1.807, 2.05) is 0 Å². The number of aliphatic hydroxyl groups is 1. The summed E-state index contributed by atoms with van der Waals surface area (Å²) in [5.41, 5.74) is 5.93. The number of hydrogen-bond acceptors (Lipinski definition) is 6. The monoisotopic (exact) mass is 326 g/mol. The van der Waals surface area contributed by atoms with E-state index in [0.717, 1.165) is 35.9 Å². The zero-order valence-electron chi connectivity index (χ0n) is 14.3. The minimum atomic E-state index is -0.464. The molecule has 4 rings (SSSR count). The number of hydrogen-bond donors (Lipinski definition) is 2. The molecule has 0 spiro atoms. The Hall–Kier alpha value is -2.21. The lowest BCUT2D eigenvalue weighted by molar-refractivity contribution is 0.208. The summed E-state index contributed by atoms with van der Waals surface area (Å²) in [6.07, 6.45) is 4.36. The van der Waals surface area contributed by atoms with E-state index >= 15 is 0 Å². The highest BCUT2D eigenvalue weighted by atomic mass is 16.3. The van der Waals surface area contributed by atoms with Gasteiger partial charge >= 0.3 is 0 Å². The predicted octanol–water partition coefficient (Wildman–Crippen LogP) is 3.18. The molecular weight excluding hydrogens is 304 g/mol. The van der Waals surface area contributed by atoms with Crippen molar-refractivity contribution in [3.05, 3.63) is 23.1 Å². The third-order valence-corrected chi connectivity index (χ3v) is 4.62. The Morgan fingerprint density at radius 2 is 2.00 bits per heavy atom. The second-order valence-electron chi connectivity index (χ2n) is 6.87. The average molecular weight is 326 g/mol. The zero-order valence-corrected chi connectivity index (χ0v) is 14.3. The van der Waals surface area contributed by atoms with Crippen molar-refractivity contribution in [1.82, 2.24) is 15.0 Å². The molecular formula is C18H22N4O2. The fourth-order valence-electron chi connectivity index (χ4n) is 3.58. The molecule has 3 aromatic rings. The molecule has 24 heavy (non-hydrogen) atoms. The number of nitrogens with one attached hydrogen (secondary N) is 1. The smallest absolute Gasteiger partial charge is 0.229 e. The first-order valence-electron chi connectivity index (χ1n) is 8.57. The Morgan fingerprint density at radius 1 is 1.21 bits per heavy atom. The summed E-state index contributed by atoms with van der Waals surface area (Å²) in [6, 6.07) is 0. The first-order valence-corrected chi connectivity index (χ1v) is 8.57. The van der Waals surface area contributed by atoms with Gasteiger partial charge in [0.25, 0.3) is 0 Å². The molecule has 1 aliphatic carbocycles. The molecule has 0 radical (unpaired) electrons. The van der Waals surface area contributed by atoms with Gasteiger partial charge in [-0.3, -0.25) is 0 Å². The van der Waals surface area contributed by atoms with Crippen LogP contribution in [0.25, 0.3) is 22.2 Å². The molecule has 0 saturated heterocycles. The molecule has 0 fully saturated rings. The predicted molar refractivity (Wildman–Crippen MR) is 93.4 cm³/mol. The Labute approximate surface area is 140 Å². The quantitative estimate of drug-likeness (QED) is 0.766. The Balaban J connectivity index is 1.97. The van der Waals surface area contributed by atoms with Crippen molar-refractivity contribution in [3.8, 4) is 0 Å². The molecule has 0 saturated carbocycles. The number of anilines is 1. The number of aromatic nitrogens is 3. The SMILES string of the molecule is CC(C)c1nc2oc3c(NC[C@H](C)O)ncnc3c2c2c1CCC2. The van der Waals surface area contributed by atoms with Crippen LogP contribution < -0.4 is 5.32 Å². The van der Waals surface area contributed by atoms with E-state index in [1.54, 1.807) is 13.3 Å². The fraction of sp³-hybridized carbons (Fsp3) is 0.500. The summed E-state index contributed by atoms with van der Waals surface area (Å²) in [6.45, 7) is 6.48. The van der Waals surface area contributed by atoms with E-state index in [1.165, 1.54) is 11.1 Å². The third kappa shape index (κ3) is 2.33. The minimum Gasteiger partial charge on any atom is -0.432 e. The summed E-state index contributed by atoms with van der Waals surface area (Å²) in [4.78, 5) is 13.5. The molecule has 0 aliphatic heterocycles. The van der Waals surface area contributed by atoms with Crippen molar-refractivity contribution in [2.45, 2.75) is 52.1 Å². The van der Waals surface area contributed by atoms with Gasteiger partial charge in [0.2, 0.25) is 5.71 Å². The molecule has 126 valence electrons. The van der Waals surface area contributed by atoms with Crippen LogP contribution in [0.2, 0.25) is 0 Å². The lowest BCUT2D eigenvalue weighted by atomic mass is 9.99. The number of aryl methyl sites for hydroxylation is 1. The van der Waals surface area contributed by atoms with Crippen LogP contribution in [0.3, 0.4) is 0 Å². The van der Waals surface area contributed by atoms with Crippen LogP contribution in [-0.4, -0.2) is 32.7 Å². The third-order valence-electron chi connectivity index (χ3n) is 4.62. The van der Waals surface area contributed by atoms with Gasteiger partial charge in [-0.25, -0.2) is 15.0 Å². The highest BCUT2D eigenvalue weighted by Gasteiger charge is 2.26. The molecule has 0 amide bonds. The van der Waals surface area contributed by atoms with Gasteiger partial charge in [-0.1, -0.05) is 13.8 Å². The molecule has 3 heterocycles. The van der Waals surface area contributed by atoms with E-state index in [4.69, 9.17) is 9.40 Å². The summed E-state index contributed by atoms with van der Waals surface area (Å²) in [5, 5.41) is 13.7. The second-order valence-corrected chi connectivity index (χ2v) is 6.87. The number of aliphatic hydroxyl groups excluding tert-OH is 1. The van der Waals surface area contributed by atoms with Gasteiger partial charge in [-0.05, 0) is 43.2 Å². The van der Waals surface area contributed by atoms with Gasteiger partial charge in [0.1, 0.15) is 11.8 Å². The van der Waals surface area contributed by atoms with Gasteiger partial charge in [0.05, 0.1) is 17.2 Å². The number of nitrogens with zero attached hydrogens (tertiary/aromatic N) is 3. The molecule has 2 N–H and O–H groups in total. The molecule has 0 unspecified atom stereocenters. The van der Waals surface area contributed by atoms with Crippen LogP contribution >= 0.6 is 0 Å². The molecule has 0 aromatic carbocycles. The Bertz CT molecular complexity index is 914. The fourth-order valence-corrected chi connectivity index (χ4v) is 3.58. The molecule has 0 bridgehead atoms. The number of rotatable bonds is 4. The van der Waals surface area contributed by atoms with E-state index in [9.17, 15) is 5.11 Å². The molecule has 6 nitrogen and oxygen atoms in total. The van der Waals surface area contributed by atoms with Crippen molar-refractivity contribution in [3.63, 3.8) is 0 Å². The van der Waals surface area contributed by atoms with Crippen LogP contribution in [-0.2, 0) is 12.8 Å². The highest BCUT2D eigenvalue weighted by molar-refractivity contribution is 6.06. The lowest BCUT2D eigenvalue weighted by Gasteiger charge is -2.11. The number of fused-ring (bicyclic) bond motifs is 5. The van der Waals surface area contributed by atoms with Gasteiger partial charge in [0.15, 0.2) is 11.4 Å². The maximum Gasteiger partial charge on any atom is 0.229 e. The van der Waals surface area contributed by atoms with Crippen LogP contribution in [0.15, 0.2) is 10.7 Å². The Morgan fingerprint density at radius 3 is 2.75 bits per heavy atom. The first kappa shape index (κ1) is 15.3. The average Bonchev–Trinajstić information content (AvgIpc) is 3.15. The second kappa shape index (κ2) is 5.70. The molecule has 1 aliphatic rings. The maximum absolute atomic E-state index is 9.50. The lowest BCUT2D eigenvalue weighted by Crippen LogP contribution is -2.16. The number of pyridine rings is 1. The molecule has 1 atom stereocenters. The van der Waals surface area contributed by atoms with Crippen LogP contribution in [0, 0.1) is 0 Å². The van der Waals surface area contributed by atoms with Gasteiger partial charge in [-0.2, -0.15) is 0 Å². The summed E-state index contributed by atoms with van der Waals surface area (Å²) in [7, 11) is 0. The summed E-state index contributed by atoms with van der Waals surface area (Å²) < 4.78 is 6.05. The van der Waals surface area contributed by atoms with E-state index in [0.29, 0.717) is 29.6 Å². The van der Waals surface area contributed by atoms with E-state index in [2.05, 4.69) is 29.1 Å². The highest BCUT2D eigenvalue weighted by Crippen LogP contribution is 2.39. The van der Waals surface area contributed by atoms with Crippen molar-refractivity contribution < 1.29 is 9.52 Å². The van der Waals surface area contributed by atoms with Crippen molar-refractivity contribution in [1.29, 1.82) is 0 Å². The first-order chi connectivity index (χ1) is 11.6. The van der Waals surface area contributed by atoms with Gasteiger partial charge < -0.3 is 14.8 Å².